The number of hydrogen-bond acceptors (Lipinski definition) is 1. The lowest BCUT2D eigenvalue weighted by atomic mass is 9.96. The van der Waals surface area contributed by atoms with Crippen LogP contribution in [0.15, 0.2) is 18.2 Å². The molecule has 0 unspecified atom stereocenters. The van der Waals surface area contributed by atoms with Crippen LogP contribution in [0.25, 0.3) is 0 Å². The molecular weight excluding hydrogens is 305 g/mol. The summed E-state index contributed by atoms with van der Waals surface area (Å²) in [6, 6.07) is 2.96. The van der Waals surface area contributed by atoms with Gasteiger partial charge in [-0.15, -0.1) is 0 Å². The summed E-state index contributed by atoms with van der Waals surface area (Å²) in [6.07, 6.45) is -4.54. The summed E-state index contributed by atoms with van der Waals surface area (Å²) < 4.78 is 63.2. The Labute approximate surface area is 123 Å². The van der Waals surface area contributed by atoms with Crippen LogP contribution in [0.1, 0.15) is 18.4 Å². The van der Waals surface area contributed by atoms with Crippen LogP contribution >= 0.6 is 0 Å². The van der Waals surface area contributed by atoms with Crippen molar-refractivity contribution in [3.63, 3.8) is 0 Å². The molecule has 0 aliphatic carbocycles. The average molecular weight is 317 g/mol. The van der Waals surface area contributed by atoms with Crippen molar-refractivity contribution in [2.75, 3.05) is 13.1 Å². The molecule has 0 spiro atoms. The third-order valence-corrected chi connectivity index (χ3v) is 3.48. The first-order valence-corrected chi connectivity index (χ1v) is 6.60. The van der Waals surface area contributed by atoms with Gasteiger partial charge in [0.2, 0.25) is 0 Å². The van der Waals surface area contributed by atoms with Gasteiger partial charge in [-0.05, 0) is 31.0 Å². The van der Waals surface area contributed by atoms with E-state index >= 15 is 0 Å². The maximum Gasteiger partial charge on any atom is 0.391 e. The summed E-state index contributed by atoms with van der Waals surface area (Å²) in [7, 11) is 0. The van der Waals surface area contributed by atoms with Gasteiger partial charge in [-0.3, -0.25) is 4.79 Å². The van der Waals surface area contributed by atoms with Crippen molar-refractivity contribution in [1.82, 2.24) is 4.90 Å². The standard InChI is InChI=1S/C15H12F5NO/c16-12-3-1-10(9-13(12)17)2-4-14(22)21-7-5-11(6-8-21)15(18,19)20/h1,3,9,11H,5-8H2. The summed E-state index contributed by atoms with van der Waals surface area (Å²) in [6.45, 7) is -0.0368. The molecule has 22 heavy (non-hydrogen) atoms. The second-order valence-electron chi connectivity index (χ2n) is 4.99. The van der Waals surface area contributed by atoms with E-state index in [2.05, 4.69) is 11.8 Å². The average Bonchev–Trinajstić information content (AvgIpc) is 2.47. The predicted molar refractivity (Wildman–Crippen MR) is 68.6 cm³/mol. The molecule has 1 aliphatic rings. The number of rotatable bonds is 0. The van der Waals surface area contributed by atoms with Crippen LogP contribution in [-0.4, -0.2) is 30.1 Å². The quantitative estimate of drug-likeness (QED) is 0.532. The van der Waals surface area contributed by atoms with E-state index in [1.54, 1.807) is 0 Å². The van der Waals surface area contributed by atoms with E-state index in [1.807, 2.05) is 0 Å². The van der Waals surface area contributed by atoms with Crippen LogP contribution in [0.3, 0.4) is 0 Å². The Morgan fingerprint density at radius 2 is 1.77 bits per heavy atom. The molecular formula is C15H12F5NO. The molecule has 0 radical (unpaired) electrons. The van der Waals surface area contributed by atoms with E-state index in [-0.39, 0.29) is 31.5 Å². The SMILES string of the molecule is O=C(C#Cc1ccc(F)c(F)c1)N1CCC(C(F)(F)F)CC1. The summed E-state index contributed by atoms with van der Waals surface area (Å²) in [4.78, 5) is 13.0. The van der Waals surface area contributed by atoms with Crippen molar-refractivity contribution in [2.45, 2.75) is 19.0 Å². The van der Waals surface area contributed by atoms with Gasteiger partial charge >= 0.3 is 6.18 Å². The maximum absolute atomic E-state index is 13.0. The number of halogens is 5. The molecule has 0 saturated carbocycles. The number of likely N-dealkylation sites (tertiary alicyclic amines) is 1. The number of piperidine rings is 1. The fourth-order valence-corrected chi connectivity index (χ4v) is 2.19. The first-order chi connectivity index (χ1) is 10.3. The minimum absolute atomic E-state index is 0.0184. The molecule has 0 aromatic heterocycles. The van der Waals surface area contributed by atoms with Crippen molar-refractivity contribution in [2.24, 2.45) is 5.92 Å². The number of hydrogen-bond donors (Lipinski definition) is 0. The molecule has 1 heterocycles. The van der Waals surface area contributed by atoms with E-state index in [4.69, 9.17) is 0 Å². The van der Waals surface area contributed by atoms with Gasteiger partial charge < -0.3 is 4.90 Å². The maximum atomic E-state index is 13.0. The van der Waals surface area contributed by atoms with E-state index in [0.717, 1.165) is 12.1 Å². The van der Waals surface area contributed by atoms with E-state index in [1.165, 1.54) is 11.0 Å². The lowest BCUT2D eigenvalue weighted by Crippen LogP contribution is -2.41. The highest BCUT2D eigenvalue weighted by molar-refractivity contribution is 5.94. The molecule has 7 heteroatoms. The van der Waals surface area contributed by atoms with Crippen LogP contribution in [-0.2, 0) is 4.79 Å². The van der Waals surface area contributed by atoms with Crippen molar-refractivity contribution < 1.29 is 26.7 Å². The van der Waals surface area contributed by atoms with Gasteiger partial charge in [-0.25, -0.2) is 8.78 Å². The lowest BCUT2D eigenvalue weighted by molar-refractivity contribution is -0.185. The molecule has 0 N–H and O–H groups in total. The third-order valence-electron chi connectivity index (χ3n) is 3.48. The molecule has 0 bridgehead atoms. The molecule has 1 aromatic carbocycles. The molecule has 2 rings (SSSR count). The zero-order valence-corrected chi connectivity index (χ0v) is 11.4. The minimum atomic E-state index is -4.24. The number of amides is 1. The van der Waals surface area contributed by atoms with E-state index in [0.29, 0.717) is 0 Å². The van der Waals surface area contributed by atoms with Crippen LogP contribution in [0.2, 0.25) is 0 Å². The number of carbonyl (C=O) groups excluding carboxylic acids is 1. The molecule has 0 atom stereocenters. The van der Waals surface area contributed by atoms with Gasteiger partial charge in [0.15, 0.2) is 11.6 Å². The highest BCUT2D eigenvalue weighted by atomic mass is 19.4. The molecule has 118 valence electrons. The number of nitrogens with zero attached hydrogens (tertiary/aromatic N) is 1. The van der Waals surface area contributed by atoms with Gasteiger partial charge in [-0.1, -0.05) is 5.92 Å². The predicted octanol–water partition coefficient (Wildman–Crippen LogP) is 3.12. The highest BCUT2D eigenvalue weighted by Gasteiger charge is 2.41. The second kappa shape index (κ2) is 6.34. The van der Waals surface area contributed by atoms with Crippen LogP contribution in [0.4, 0.5) is 22.0 Å². The molecule has 1 amide bonds. The van der Waals surface area contributed by atoms with Crippen molar-refractivity contribution in [3.05, 3.63) is 35.4 Å². The topological polar surface area (TPSA) is 20.3 Å². The Morgan fingerprint density at radius 1 is 1.14 bits per heavy atom. The van der Waals surface area contributed by atoms with Gasteiger partial charge in [0, 0.05) is 24.6 Å². The van der Waals surface area contributed by atoms with Gasteiger partial charge in [-0.2, -0.15) is 13.2 Å². The Morgan fingerprint density at radius 3 is 2.32 bits per heavy atom. The normalized spacial score (nSPS) is 16.1. The summed E-state index contributed by atoms with van der Waals surface area (Å²) in [5, 5.41) is 0. The second-order valence-corrected chi connectivity index (χ2v) is 4.99. The molecule has 1 aromatic rings. The molecule has 2 nitrogen and oxygen atoms in total. The Kier molecular flexibility index (Phi) is 4.69. The zero-order valence-electron chi connectivity index (χ0n) is 11.4. The Bertz CT molecular complexity index is 621. The minimum Gasteiger partial charge on any atom is -0.332 e. The van der Waals surface area contributed by atoms with Gasteiger partial charge in [0.25, 0.3) is 5.91 Å². The fourth-order valence-electron chi connectivity index (χ4n) is 2.19. The largest absolute Gasteiger partial charge is 0.391 e. The highest BCUT2D eigenvalue weighted by Crippen LogP contribution is 2.33. The summed E-state index contributed by atoms with van der Waals surface area (Å²) >= 11 is 0. The Hall–Kier alpha value is -2.10. The lowest BCUT2D eigenvalue weighted by Gasteiger charge is -2.31. The van der Waals surface area contributed by atoms with E-state index in [9.17, 15) is 26.7 Å². The first kappa shape index (κ1) is 16.3. The molecule has 1 aliphatic heterocycles. The fraction of sp³-hybridized carbons (Fsp3) is 0.400. The van der Waals surface area contributed by atoms with Gasteiger partial charge in [0.1, 0.15) is 0 Å². The smallest absolute Gasteiger partial charge is 0.332 e. The number of benzene rings is 1. The van der Waals surface area contributed by atoms with E-state index < -0.39 is 29.6 Å². The first-order valence-electron chi connectivity index (χ1n) is 6.60. The number of alkyl halides is 3. The van der Waals surface area contributed by atoms with Crippen LogP contribution < -0.4 is 0 Å². The van der Waals surface area contributed by atoms with Crippen molar-refractivity contribution in [1.29, 1.82) is 0 Å². The Balaban J connectivity index is 1.97. The summed E-state index contributed by atoms with van der Waals surface area (Å²) in [5.41, 5.74) is 0.123. The molecule has 1 saturated heterocycles. The van der Waals surface area contributed by atoms with Crippen LogP contribution in [0.5, 0.6) is 0 Å². The third kappa shape index (κ3) is 3.97. The summed E-state index contributed by atoms with van der Waals surface area (Å²) in [5.74, 6) is 0.503. The molecule has 1 fully saturated rings. The number of carbonyl (C=O) groups is 1. The monoisotopic (exact) mass is 317 g/mol. The zero-order chi connectivity index (χ0) is 16.3. The van der Waals surface area contributed by atoms with Crippen molar-refractivity contribution >= 4 is 5.91 Å². The van der Waals surface area contributed by atoms with Crippen molar-refractivity contribution in [3.8, 4) is 11.8 Å². The van der Waals surface area contributed by atoms with Gasteiger partial charge in [0.05, 0.1) is 5.92 Å². The van der Waals surface area contributed by atoms with Crippen LogP contribution in [0, 0.1) is 29.4 Å².